The highest BCUT2D eigenvalue weighted by Gasteiger charge is 2.24. The molecule has 11 heteroatoms. The van der Waals surface area contributed by atoms with Crippen LogP contribution < -0.4 is 15.0 Å². The smallest absolute Gasteiger partial charge is 0.243 e. The molecule has 192 valence electrons. The van der Waals surface area contributed by atoms with E-state index in [1.807, 2.05) is 6.07 Å². The number of aromatic nitrogens is 2. The van der Waals surface area contributed by atoms with Gasteiger partial charge in [-0.25, -0.2) is 8.42 Å². The molecule has 4 rings (SSSR count). The predicted octanol–water partition coefficient (Wildman–Crippen LogP) is 3.67. The maximum atomic E-state index is 13.1. The molecule has 3 aromatic rings. The van der Waals surface area contributed by atoms with Crippen molar-refractivity contribution in [3.8, 4) is 5.75 Å². The van der Waals surface area contributed by atoms with Crippen LogP contribution in [0.15, 0.2) is 53.9 Å². The van der Waals surface area contributed by atoms with E-state index in [2.05, 4.69) is 27.0 Å². The molecule has 9 nitrogen and oxygen atoms in total. The Balaban J connectivity index is 1.74. The van der Waals surface area contributed by atoms with E-state index in [0.29, 0.717) is 60.3 Å². The van der Waals surface area contributed by atoms with Crippen LogP contribution in [0.2, 0.25) is 5.02 Å². The van der Waals surface area contributed by atoms with E-state index < -0.39 is 10.0 Å². The number of nitrogens with one attached hydrogen (secondary N) is 1. The molecule has 0 spiro atoms. The highest BCUT2D eigenvalue weighted by molar-refractivity contribution is 7.89. The van der Waals surface area contributed by atoms with Crippen molar-refractivity contribution in [2.75, 3.05) is 44.0 Å². The molecule has 0 aliphatic carbocycles. The summed E-state index contributed by atoms with van der Waals surface area (Å²) in [4.78, 5) is 2.23. The van der Waals surface area contributed by atoms with Crippen molar-refractivity contribution in [1.82, 2.24) is 14.5 Å². The minimum atomic E-state index is -3.73. The van der Waals surface area contributed by atoms with Gasteiger partial charge < -0.3 is 20.1 Å². The summed E-state index contributed by atoms with van der Waals surface area (Å²) in [5.74, 6) is 1.71. The SMILES string of the molecule is C=CCN(C)S(=O)(=O)c1ccc2c(N3CCC(O)CC3)nnc(NCc3ccc(OC)c(Cl)c3)c2c1. The molecule has 0 atom stereocenters. The summed E-state index contributed by atoms with van der Waals surface area (Å²) in [7, 11) is -0.651. The Labute approximate surface area is 216 Å². The summed E-state index contributed by atoms with van der Waals surface area (Å²) in [5, 5.41) is 24.0. The molecule has 0 bridgehead atoms. The first-order valence-electron chi connectivity index (χ1n) is 11.6. The van der Waals surface area contributed by atoms with Crippen molar-refractivity contribution in [1.29, 1.82) is 0 Å². The molecule has 36 heavy (non-hydrogen) atoms. The van der Waals surface area contributed by atoms with Crippen molar-refractivity contribution in [2.24, 2.45) is 0 Å². The first-order valence-corrected chi connectivity index (χ1v) is 13.4. The number of benzene rings is 2. The fraction of sp³-hybridized carbons (Fsp3) is 0.360. The van der Waals surface area contributed by atoms with E-state index in [4.69, 9.17) is 16.3 Å². The third-order valence-electron chi connectivity index (χ3n) is 6.27. The lowest BCUT2D eigenvalue weighted by molar-refractivity contribution is 0.145. The number of hydrogen-bond acceptors (Lipinski definition) is 8. The maximum absolute atomic E-state index is 13.1. The Morgan fingerprint density at radius 3 is 2.64 bits per heavy atom. The average molecular weight is 532 g/mol. The van der Waals surface area contributed by atoms with E-state index in [0.717, 1.165) is 10.9 Å². The van der Waals surface area contributed by atoms with Crippen LogP contribution in [-0.4, -0.2) is 67.9 Å². The summed E-state index contributed by atoms with van der Waals surface area (Å²) >= 11 is 6.27. The van der Waals surface area contributed by atoms with Gasteiger partial charge in [-0.15, -0.1) is 16.8 Å². The third kappa shape index (κ3) is 5.41. The van der Waals surface area contributed by atoms with Gasteiger partial charge in [0.05, 0.1) is 23.1 Å². The number of fused-ring (bicyclic) bond motifs is 1. The molecule has 1 fully saturated rings. The zero-order chi connectivity index (χ0) is 25.9. The van der Waals surface area contributed by atoms with Crippen LogP contribution in [-0.2, 0) is 16.6 Å². The van der Waals surface area contributed by atoms with E-state index >= 15 is 0 Å². The minimum absolute atomic E-state index is 0.155. The topological polar surface area (TPSA) is 108 Å². The van der Waals surface area contributed by atoms with Gasteiger partial charge in [-0.1, -0.05) is 23.7 Å². The van der Waals surface area contributed by atoms with Crippen LogP contribution in [0, 0.1) is 0 Å². The molecule has 1 aliphatic rings. The molecule has 0 saturated carbocycles. The zero-order valence-corrected chi connectivity index (χ0v) is 21.9. The molecule has 2 aromatic carbocycles. The molecular weight excluding hydrogens is 502 g/mol. The Morgan fingerprint density at radius 2 is 1.97 bits per heavy atom. The predicted molar refractivity (Wildman–Crippen MR) is 142 cm³/mol. The molecule has 0 radical (unpaired) electrons. The van der Waals surface area contributed by atoms with Crippen molar-refractivity contribution in [3.63, 3.8) is 0 Å². The van der Waals surface area contributed by atoms with Crippen LogP contribution in [0.5, 0.6) is 5.75 Å². The number of rotatable bonds is 9. The second-order valence-corrected chi connectivity index (χ2v) is 11.1. The Bertz CT molecular complexity index is 1360. The molecule has 1 aliphatic heterocycles. The number of aliphatic hydroxyl groups is 1. The summed E-state index contributed by atoms with van der Waals surface area (Å²) in [5.41, 5.74) is 0.902. The summed E-state index contributed by atoms with van der Waals surface area (Å²) in [6, 6.07) is 10.5. The van der Waals surface area contributed by atoms with Gasteiger partial charge >= 0.3 is 0 Å². The van der Waals surface area contributed by atoms with Crippen LogP contribution in [0.25, 0.3) is 10.8 Å². The molecule has 0 amide bonds. The van der Waals surface area contributed by atoms with Gasteiger partial charge in [0.1, 0.15) is 5.75 Å². The number of nitrogens with zero attached hydrogens (tertiary/aromatic N) is 4. The first kappa shape index (κ1) is 26.2. The fourth-order valence-corrected chi connectivity index (χ4v) is 5.64. The molecule has 0 unspecified atom stereocenters. The van der Waals surface area contributed by atoms with E-state index in [-0.39, 0.29) is 17.5 Å². The minimum Gasteiger partial charge on any atom is -0.495 e. The number of hydrogen-bond donors (Lipinski definition) is 2. The fourth-order valence-electron chi connectivity index (χ4n) is 4.19. The van der Waals surface area contributed by atoms with Crippen LogP contribution in [0.4, 0.5) is 11.6 Å². The zero-order valence-electron chi connectivity index (χ0n) is 20.3. The first-order chi connectivity index (χ1) is 17.2. The number of anilines is 2. The molecule has 1 saturated heterocycles. The normalized spacial score (nSPS) is 14.9. The van der Waals surface area contributed by atoms with Gasteiger partial charge in [0, 0.05) is 44.0 Å². The Hall–Kier alpha value is -2.92. The van der Waals surface area contributed by atoms with Crippen LogP contribution in [0.3, 0.4) is 0 Å². The molecular formula is C25H30ClN5O4S. The number of ether oxygens (including phenoxy) is 1. The number of aliphatic hydroxyl groups excluding tert-OH is 1. The quantitative estimate of drug-likeness (QED) is 0.403. The van der Waals surface area contributed by atoms with Gasteiger partial charge in [-0.2, -0.15) is 4.31 Å². The maximum Gasteiger partial charge on any atom is 0.243 e. The van der Waals surface area contributed by atoms with E-state index in [1.54, 1.807) is 43.5 Å². The van der Waals surface area contributed by atoms with E-state index in [9.17, 15) is 13.5 Å². The largest absolute Gasteiger partial charge is 0.495 e. The third-order valence-corrected chi connectivity index (χ3v) is 8.38. The van der Waals surface area contributed by atoms with Crippen molar-refractivity contribution in [3.05, 3.63) is 59.6 Å². The summed E-state index contributed by atoms with van der Waals surface area (Å²) in [6.45, 7) is 5.51. The molecule has 1 aromatic heterocycles. The van der Waals surface area contributed by atoms with Crippen LogP contribution in [0.1, 0.15) is 18.4 Å². The second kappa shape index (κ2) is 11.0. The number of likely N-dealkylation sites (N-methyl/N-ethyl adjacent to an activating group) is 1. The lowest BCUT2D eigenvalue weighted by Crippen LogP contribution is -2.36. The van der Waals surface area contributed by atoms with E-state index in [1.165, 1.54) is 11.4 Å². The second-order valence-electron chi connectivity index (χ2n) is 8.69. The molecule has 2 heterocycles. The summed E-state index contributed by atoms with van der Waals surface area (Å²) in [6.07, 6.45) is 2.50. The summed E-state index contributed by atoms with van der Waals surface area (Å²) < 4.78 is 32.7. The van der Waals surface area contributed by atoms with Gasteiger partial charge in [0.25, 0.3) is 0 Å². The van der Waals surface area contributed by atoms with Gasteiger partial charge in [0.15, 0.2) is 11.6 Å². The number of piperidine rings is 1. The van der Waals surface area contributed by atoms with Crippen molar-refractivity contribution >= 4 is 44.0 Å². The van der Waals surface area contributed by atoms with Crippen molar-refractivity contribution in [2.45, 2.75) is 30.4 Å². The monoisotopic (exact) mass is 531 g/mol. The van der Waals surface area contributed by atoms with Gasteiger partial charge in [-0.3, -0.25) is 0 Å². The molecule has 2 N–H and O–H groups in total. The Morgan fingerprint density at radius 1 is 1.22 bits per heavy atom. The highest BCUT2D eigenvalue weighted by Crippen LogP contribution is 2.33. The lowest BCUT2D eigenvalue weighted by atomic mass is 10.1. The Kier molecular flexibility index (Phi) is 7.99. The highest BCUT2D eigenvalue weighted by atomic mass is 35.5. The average Bonchev–Trinajstić information content (AvgIpc) is 2.87. The van der Waals surface area contributed by atoms with Gasteiger partial charge in [0.2, 0.25) is 10.0 Å². The van der Waals surface area contributed by atoms with Gasteiger partial charge in [-0.05, 0) is 48.7 Å². The van der Waals surface area contributed by atoms with Crippen molar-refractivity contribution < 1.29 is 18.3 Å². The number of halogens is 1. The number of methoxy groups -OCH3 is 1. The standard InChI is InChI=1S/C25H30ClN5O4S/c1-4-11-30(2)36(33,34)19-6-7-20-21(15-19)24(27-16-17-5-8-23(35-3)22(26)14-17)28-29-25(20)31-12-9-18(32)10-13-31/h4-8,14-15,18,32H,1,9-13,16H2,2-3H3,(H,27,28). The van der Waals surface area contributed by atoms with Crippen LogP contribution >= 0.6 is 11.6 Å². The number of sulfonamides is 1. The lowest BCUT2D eigenvalue weighted by Gasteiger charge is -2.31.